The monoisotopic (exact) mass is 368 g/mol. The van der Waals surface area contributed by atoms with Crippen molar-refractivity contribution in [3.8, 4) is 5.69 Å². The van der Waals surface area contributed by atoms with E-state index in [-0.39, 0.29) is 11.4 Å². The van der Waals surface area contributed by atoms with Crippen LogP contribution in [0.25, 0.3) is 5.69 Å². The Balaban J connectivity index is 1.57. The molecule has 1 aromatic carbocycles. The third-order valence-corrected chi connectivity index (χ3v) is 6.07. The summed E-state index contributed by atoms with van der Waals surface area (Å²) in [7, 11) is 0. The van der Waals surface area contributed by atoms with Crippen molar-refractivity contribution in [1.29, 1.82) is 0 Å². The van der Waals surface area contributed by atoms with Crippen molar-refractivity contribution in [1.82, 2.24) is 19.6 Å². The number of nitrogens with zero attached hydrogens (tertiary/aromatic N) is 4. The summed E-state index contributed by atoms with van der Waals surface area (Å²) in [6, 6.07) is 8.19. The Morgan fingerprint density at radius 1 is 1.22 bits per heavy atom. The lowest BCUT2D eigenvalue weighted by atomic mass is 9.92. The van der Waals surface area contributed by atoms with Crippen molar-refractivity contribution in [2.75, 3.05) is 39.4 Å². The van der Waals surface area contributed by atoms with E-state index in [1.165, 1.54) is 5.56 Å². The van der Waals surface area contributed by atoms with E-state index in [2.05, 4.69) is 36.0 Å². The molecule has 2 saturated heterocycles. The number of hydrogen-bond donors (Lipinski definition) is 0. The fourth-order valence-electron chi connectivity index (χ4n) is 4.39. The third-order valence-electron chi connectivity index (χ3n) is 6.07. The highest BCUT2D eigenvalue weighted by atomic mass is 16.5. The van der Waals surface area contributed by atoms with Gasteiger partial charge in [0.2, 0.25) is 0 Å². The average molecular weight is 368 g/mol. The molecule has 1 atom stereocenters. The normalized spacial score (nSPS) is 23.3. The summed E-state index contributed by atoms with van der Waals surface area (Å²) in [5.41, 5.74) is 3.74. The first-order valence-corrected chi connectivity index (χ1v) is 9.78. The molecular weight excluding hydrogens is 340 g/mol. The molecule has 2 aromatic rings. The fraction of sp³-hybridized carbons (Fsp3) is 0.524. The van der Waals surface area contributed by atoms with E-state index in [1.807, 2.05) is 28.6 Å². The van der Waals surface area contributed by atoms with Gasteiger partial charge in [-0.05, 0) is 38.9 Å². The van der Waals surface area contributed by atoms with Crippen LogP contribution in [0, 0.1) is 13.8 Å². The molecule has 2 aliphatic heterocycles. The number of piperazine rings is 1. The first kappa shape index (κ1) is 18.2. The second-order valence-corrected chi connectivity index (χ2v) is 7.72. The van der Waals surface area contributed by atoms with Crippen LogP contribution < -0.4 is 0 Å². The molecular formula is C21H28N4O2. The Morgan fingerprint density at radius 2 is 2.00 bits per heavy atom. The predicted molar refractivity (Wildman–Crippen MR) is 104 cm³/mol. The van der Waals surface area contributed by atoms with Crippen molar-refractivity contribution in [2.45, 2.75) is 32.7 Å². The lowest BCUT2D eigenvalue weighted by Crippen LogP contribution is -2.63. The molecule has 0 radical (unpaired) electrons. The second kappa shape index (κ2) is 7.09. The maximum Gasteiger partial charge on any atom is 0.257 e. The van der Waals surface area contributed by atoms with E-state index in [0.717, 1.165) is 50.6 Å². The van der Waals surface area contributed by atoms with E-state index in [0.29, 0.717) is 12.2 Å². The van der Waals surface area contributed by atoms with Crippen LogP contribution in [0.2, 0.25) is 0 Å². The highest BCUT2D eigenvalue weighted by Crippen LogP contribution is 2.31. The summed E-state index contributed by atoms with van der Waals surface area (Å²) < 4.78 is 7.55. The Labute approximate surface area is 160 Å². The minimum absolute atomic E-state index is 0.0243. The van der Waals surface area contributed by atoms with Gasteiger partial charge in [-0.1, -0.05) is 24.6 Å². The van der Waals surface area contributed by atoms with E-state index in [9.17, 15) is 4.79 Å². The minimum Gasteiger partial charge on any atom is -0.379 e. The van der Waals surface area contributed by atoms with E-state index >= 15 is 0 Å². The van der Waals surface area contributed by atoms with Crippen molar-refractivity contribution in [3.05, 3.63) is 47.3 Å². The van der Waals surface area contributed by atoms with Gasteiger partial charge in [-0.25, -0.2) is 4.68 Å². The average Bonchev–Trinajstić information content (AvgIpc) is 3.29. The third kappa shape index (κ3) is 3.17. The molecule has 0 bridgehead atoms. The number of rotatable bonds is 3. The van der Waals surface area contributed by atoms with Crippen LogP contribution in [0.1, 0.15) is 35.0 Å². The zero-order chi connectivity index (χ0) is 19.0. The molecule has 1 spiro atoms. The number of carbonyl (C=O) groups excluding carboxylic acids is 1. The topological polar surface area (TPSA) is 50.6 Å². The number of likely N-dealkylation sites (N-methyl/N-ethyl adjacent to an activating group) is 1. The predicted octanol–water partition coefficient (Wildman–Crippen LogP) is 2.43. The van der Waals surface area contributed by atoms with E-state index in [1.54, 1.807) is 6.20 Å². The Hall–Kier alpha value is -2.18. The van der Waals surface area contributed by atoms with Crippen molar-refractivity contribution in [2.24, 2.45) is 0 Å². The number of amides is 1. The van der Waals surface area contributed by atoms with Gasteiger partial charge in [0.15, 0.2) is 0 Å². The number of aryl methyl sites for hydroxylation is 1. The molecule has 0 saturated carbocycles. The van der Waals surface area contributed by atoms with Crippen LogP contribution in [0.15, 0.2) is 30.5 Å². The molecule has 0 N–H and O–H groups in total. The van der Waals surface area contributed by atoms with Gasteiger partial charge >= 0.3 is 0 Å². The molecule has 0 aliphatic carbocycles. The number of benzene rings is 1. The van der Waals surface area contributed by atoms with E-state index in [4.69, 9.17) is 4.74 Å². The largest absolute Gasteiger partial charge is 0.379 e. The lowest BCUT2D eigenvalue weighted by molar-refractivity contribution is -0.00226. The standard InChI is InChI=1S/C21H28N4O2/c1-4-24-11-10-23(14-21(24)9-12-27-15-21)20(26)19-13-22-25(17(19)3)18-7-5-16(2)6-8-18/h5-8,13H,4,9-12,14-15H2,1-3H3. The molecule has 6 nitrogen and oxygen atoms in total. The summed E-state index contributed by atoms with van der Waals surface area (Å²) in [4.78, 5) is 17.7. The van der Waals surface area contributed by atoms with Crippen LogP contribution in [-0.4, -0.2) is 70.4 Å². The summed E-state index contributed by atoms with van der Waals surface area (Å²) >= 11 is 0. The smallest absolute Gasteiger partial charge is 0.257 e. The highest BCUT2D eigenvalue weighted by Gasteiger charge is 2.45. The van der Waals surface area contributed by atoms with Crippen molar-refractivity contribution in [3.63, 3.8) is 0 Å². The van der Waals surface area contributed by atoms with Gasteiger partial charge < -0.3 is 9.64 Å². The summed E-state index contributed by atoms with van der Waals surface area (Å²) in [5, 5.41) is 4.49. The number of carbonyl (C=O) groups is 1. The maximum absolute atomic E-state index is 13.3. The van der Waals surface area contributed by atoms with Crippen LogP contribution in [0.5, 0.6) is 0 Å². The molecule has 2 aliphatic rings. The van der Waals surface area contributed by atoms with Gasteiger partial charge in [0.25, 0.3) is 5.91 Å². The quantitative estimate of drug-likeness (QED) is 0.835. The Bertz CT molecular complexity index is 821. The molecule has 144 valence electrons. The Morgan fingerprint density at radius 3 is 2.67 bits per heavy atom. The van der Waals surface area contributed by atoms with Crippen LogP contribution in [-0.2, 0) is 4.74 Å². The van der Waals surface area contributed by atoms with Crippen LogP contribution >= 0.6 is 0 Å². The summed E-state index contributed by atoms with van der Waals surface area (Å²) in [6.45, 7) is 11.1. The van der Waals surface area contributed by atoms with Gasteiger partial charge in [-0.15, -0.1) is 0 Å². The van der Waals surface area contributed by atoms with Crippen LogP contribution in [0.4, 0.5) is 0 Å². The molecule has 4 rings (SSSR count). The van der Waals surface area contributed by atoms with Gasteiger partial charge in [0.1, 0.15) is 0 Å². The molecule has 6 heteroatoms. The molecule has 1 amide bonds. The second-order valence-electron chi connectivity index (χ2n) is 7.72. The molecule has 27 heavy (non-hydrogen) atoms. The van der Waals surface area contributed by atoms with Crippen LogP contribution in [0.3, 0.4) is 0 Å². The molecule has 3 heterocycles. The first-order valence-electron chi connectivity index (χ1n) is 9.78. The number of ether oxygens (including phenoxy) is 1. The van der Waals surface area contributed by atoms with Crippen molar-refractivity contribution < 1.29 is 9.53 Å². The zero-order valence-electron chi connectivity index (χ0n) is 16.4. The number of aromatic nitrogens is 2. The Kier molecular flexibility index (Phi) is 4.78. The fourth-order valence-corrected chi connectivity index (χ4v) is 4.39. The zero-order valence-corrected chi connectivity index (χ0v) is 16.4. The van der Waals surface area contributed by atoms with E-state index < -0.39 is 0 Å². The van der Waals surface area contributed by atoms with Gasteiger partial charge in [0.05, 0.1) is 35.3 Å². The number of hydrogen-bond acceptors (Lipinski definition) is 4. The minimum atomic E-state index is -0.0243. The maximum atomic E-state index is 13.3. The first-order chi connectivity index (χ1) is 13.0. The molecule has 2 fully saturated rings. The highest BCUT2D eigenvalue weighted by molar-refractivity contribution is 5.95. The molecule has 1 aromatic heterocycles. The summed E-state index contributed by atoms with van der Waals surface area (Å²) in [5.74, 6) is 0.0767. The van der Waals surface area contributed by atoms with Gasteiger partial charge in [-0.3, -0.25) is 9.69 Å². The van der Waals surface area contributed by atoms with Gasteiger partial charge in [-0.2, -0.15) is 5.10 Å². The SMILES string of the molecule is CCN1CCN(C(=O)c2cnn(-c3ccc(C)cc3)c2C)CC12CCOC2. The van der Waals surface area contributed by atoms with Crippen molar-refractivity contribution >= 4 is 5.91 Å². The lowest BCUT2D eigenvalue weighted by Gasteiger charge is -2.47. The molecule has 1 unspecified atom stereocenters. The summed E-state index contributed by atoms with van der Waals surface area (Å²) in [6.07, 6.45) is 2.70. The van der Waals surface area contributed by atoms with Gasteiger partial charge in [0, 0.05) is 26.2 Å².